The van der Waals surface area contributed by atoms with E-state index in [9.17, 15) is 14.4 Å². The van der Waals surface area contributed by atoms with Gasteiger partial charge in [-0.15, -0.1) is 0 Å². The lowest BCUT2D eigenvalue weighted by Crippen LogP contribution is -2.30. The SMILES string of the molecule is CC/C=C\C/C=C\C/C=C\C/C=C\CCCCCCCCCCCCC(=O)OCC(COC(=O)CC/C=C\C/C=C\C/C=C\C/C=C\CC)OC(=O)CCCCCCC/C=C\C/C=C\CCCC. The van der Waals surface area contributed by atoms with Crippen molar-refractivity contribution >= 4 is 17.9 Å². The van der Waals surface area contributed by atoms with E-state index < -0.39 is 6.10 Å². The van der Waals surface area contributed by atoms with Crippen LogP contribution in [0.15, 0.2) is 122 Å². The lowest BCUT2D eigenvalue weighted by molar-refractivity contribution is -0.166. The molecule has 0 fully saturated rings. The standard InChI is InChI=1S/C62H100O6/c1-4-7-10-13-16-19-22-25-27-28-29-30-31-32-33-34-35-38-40-43-46-49-52-55-61(64)67-58-59(57-66-60(63)54-51-48-45-42-39-36-24-21-18-15-12-9-6-3)68-62(65)56-53-50-47-44-41-37-26-23-20-17-14-11-8-5-2/h7,9-10,12,14,16-19,21,23,25-27,29-30,36,39,45,48,59H,4-6,8,11,13,15,20,22,24,28,31-35,37-38,40-44,46-47,49-58H2,1-3H3/b10-7-,12-9-,17-14-,19-16-,21-18-,26-23-,27-25-,30-29-,39-36-,48-45-. The van der Waals surface area contributed by atoms with Gasteiger partial charge >= 0.3 is 17.9 Å². The zero-order chi connectivity index (χ0) is 49.3. The van der Waals surface area contributed by atoms with Crippen molar-refractivity contribution in [2.24, 2.45) is 0 Å². The fraction of sp³-hybridized carbons (Fsp3) is 0.629. The molecule has 0 aromatic carbocycles. The summed E-state index contributed by atoms with van der Waals surface area (Å²) in [5, 5.41) is 0. The van der Waals surface area contributed by atoms with Crippen molar-refractivity contribution in [3.63, 3.8) is 0 Å². The highest BCUT2D eigenvalue weighted by atomic mass is 16.6. The zero-order valence-corrected chi connectivity index (χ0v) is 43.8. The van der Waals surface area contributed by atoms with Crippen molar-refractivity contribution < 1.29 is 28.6 Å². The summed E-state index contributed by atoms with van der Waals surface area (Å²) < 4.78 is 16.7. The normalized spacial score (nSPS) is 13.0. The molecule has 6 heteroatoms. The Hall–Kier alpha value is -4.19. The number of carbonyl (C=O) groups is 3. The maximum Gasteiger partial charge on any atom is 0.306 e. The summed E-state index contributed by atoms with van der Waals surface area (Å²) >= 11 is 0. The van der Waals surface area contributed by atoms with E-state index in [0.717, 1.165) is 116 Å². The predicted molar refractivity (Wildman–Crippen MR) is 293 cm³/mol. The van der Waals surface area contributed by atoms with Crippen LogP contribution in [0.3, 0.4) is 0 Å². The molecule has 1 unspecified atom stereocenters. The third-order valence-corrected chi connectivity index (χ3v) is 11.2. The third-order valence-electron chi connectivity index (χ3n) is 11.2. The molecule has 0 saturated carbocycles. The molecule has 0 amide bonds. The first-order chi connectivity index (χ1) is 33.5. The van der Waals surface area contributed by atoms with Crippen molar-refractivity contribution in [2.75, 3.05) is 13.2 Å². The second-order valence-corrected chi connectivity index (χ2v) is 17.7. The van der Waals surface area contributed by atoms with E-state index in [1.165, 1.54) is 70.6 Å². The van der Waals surface area contributed by atoms with Crippen LogP contribution in [0.25, 0.3) is 0 Å². The molecule has 0 bridgehead atoms. The molecule has 0 heterocycles. The van der Waals surface area contributed by atoms with Crippen LogP contribution in [-0.4, -0.2) is 37.2 Å². The Morgan fingerprint density at radius 3 is 0.985 bits per heavy atom. The van der Waals surface area contributed by atoms with E-state index in [1.807, 2.05) is 12.2 Å². The van der Waals surface area contributed by atoms with Crippen LogP contribution < -0.4 is 0 Å². The topological polar surface area (TPSA) is 78.9 Å². The Kier molecular flexibility index (Phi) is 52.0. The van der Waals surface area contributed by atoms with E-state index in [0.29, 0.717) is 19.3 Å². The number of allylic oxidation sites excluding steroid dienone is 20. The van der Waals surface area contributed by atoms with Gasteiger partial charge in [-0.3, -0.25) is 14.4 Å². The largest absolute Gasteiger partial charge is 0.462 e. The number of hydrogen-bond acceptors (Lipinski definition) is 6. The maximum absolute atomic E-state index is 12.8. The van der Waals surface area contributed by atoms with Crippen LogP contribution in [-0.2, 0) is 28.6 Å². The molecule has 0 rings (SSSR count). The molecule has 1 atom stereocenters. The van der Waals surface area contributed by atoms with E-state index >= 15 is 0 Å². The Morgan fingerprint density at radius 2 is 0.603 bits per heavy atom. The fourth-order valence-corrected chi connectivity index (χ4v) is 7.11. The fourth-order valence-electron chi connectivity index (χ4n) is 7.11. The monoisotopic (exact) mass is 941 g/mol. The second kappa shape index (κ2) is 55.4. The van der Waals surface area contributed by atoms with Gasteiger partial charge in [0.1, 0.15) is 13.2 Å². The third kappa shape index (κ3) is 52.8. The molecule has 0 saturated heterocycles. The first-order valence-electron chi connectivity index (χ1n) is 27.5. The molecule has 0 aromatic heterocycles. The molecule has 6 nitrogen and oxygen atoms in total. The Bertz CT molecular complexity index is 1450. The molecule has 0 spiro atoms. The van der Waals surface area contributed by atoms with Crippen LogP contribution in [0, 0.1) is 0 Å². The van der Waals surface area contributed by atoms with Gasteiger partial charge in [0.05, 0.1) is 0 Å². The summed E-state index contributed by atoms with van der Waals surface area (Å²) in [6.45, 7) is 6.28. The van der Waals surface area contributed by atoms with Gasteiger partial charge in [-0.1, -0.05) is 226 Å². The van der Waals surface area contributed by atoms with Crippen LogP contribution in [0.4, 0.5) is 0 Å². The lowest BCUT2D eigenvalue weighted by Gasteiger charge is -2.18. The highest BCUT2D eigenvalue weighted by Crippen LogP contribution is 2.14. The summed E-state index contributed by atoms with van der Waals surface area (Å²) in [5.74, 6) is -1.02. The molecule has 0 radical (unpaired) electrons. The molecule has 68 heavy (non-hydrogen) atoms. The van der Waals surface area contributed by atoms with Crippen LogP contribution in [0.1, 0.15) is 233 Å². The Balaban J connectivity index is 4.41. The van der Waals surface area contributed by atoms with E-state index in [1.54, 1.807) is 0 Å². The minimum absolute atomic E-state index is 0.111. The summed E-state index contributed by atoms with van der Waals surface area (Å²) in [6.07, 6.45) is 76.3. The highest BCUT2D eigenvalue weighted by Gasteiger charge is 2.19. The number of carbonyl (C=O) groups excluding carboxylic acids is 3. The van der Waals surface area contributed by atoms with E-state index in [-0.39, 0.29) is 37.5 Å². The van der Waals surface area contributed by atoms with Gasteiger partial charge in [-0.2, -0.15) is 0 Å². The van der Waals surface area contributed by atoms with Gasteiger partial charge in [-0.25, -0.2) is 0 Å². The van der Waals surface area contributed by atoms with Crippen molar-refractivity contribution in [3.05, 3.63) is 122 Å². The zero-order valence-electron chi connectivity index (χ0n) is 43.8. The quantitative estimate of drug-likeness (QED) is 0.0262. The van der Waals surface area contributed by atoms with Gasteiger partial charge in [-0.05, 0) is 109 Å². The number of unbranched alkanes of at least 4 members (excludes halogenated alkanes) is 17. The smallest absolute Gasteiger partial charge is 0.306 e. The number of hydrogen-bond donors (Lipinski definition) is 0. The Morgan fingerprint density at radius 1 is 0.309 bits per heavy atom. The first kappa shape index (κ1) is 63.8. The maximum atomic E-state index is 12.8. The molecule has 0 aliphatic carbocycles. The van der Waals surface area contributed by atoms with Gasteiger partial charge in [0.2, 0.25) is 0 Å². The summed E-state index contributed by atoms with van der Waals surface area (Å²) in [6, 6.07) is 0. The van der Waals surface area contributed by atoms with Crippen LogP contribution in [0.5, 0.6) is 0 Å². The van der Waals surface area contributed by atoms with Crippen molar-refractivity contribution in [1.29, 1.82) is 0 Å². The van der Waals surface area contributed by atoms with Crippen LogP contribution in [0.2, 0.25) is 0 Å². The highest BCUT2D eigenvalue weighted by molar-refractivity contribution is 5.71. The summed E-state index contributed by atoms with van der Waals surface area (Å²) in [7, 11) is 0. The number of ether oxygens (including phenoxy) is 3. The van der Waals surface area contributed by atoms with Crippen molar-refractivity contribution in [3.8, 4) is 0 Å². The number of rotatable bonds is 48. The van der Waals surface area contributed by atoms with Crippen molar-refractivity contribution in [2.45, 2.75) is 239 Å². The number of esters is 3. The van der Waals surface area contributed by atoms with Crippen LogP contribution >= 0.6 is 0 Å². The minimum Gasteiger partial charge on any atom is -0.462 e. The van der Waals surface area contributed by atoms with Gasteiger partial charge in [0, 0.05) is 19.3 Å². The molecular weight excluding hydrogens is 841 g/mol. The van der Waals surface area contributed by atoms with Gasteiger partial charge in [0.15, 0.2) is 6.10 Å². The van der Waals surface area contributed by atoms with E-state index in [4.69, 9.17) is 14.2 Å². The molecule has 0 N–H and O–H groups in total. The molecule has 0 aromatic rings. The first-order valence-corrected chi connectivity index (χ1v) is 27.5. The lowest BCUT2D eigenvalue weighted by atomic mass is 10.1. The summed E-state index contributed by atoms with van der Waals surface area (Å²) in [5.41, 5.74) is 0. The summed E-state index contributed by atoms with van der Waals surface area (Å²) in [4.78, 5) is 38.0. The second-order valence-electron chi connectivity index (χ2n) is 17.7. The predicted octanol–water partition coefficient (Wildman–Crippen LogP) is 18.5. The average Bonchev–Trinajstić information content (AvgIpc) is 3.34. The minimum atomic E-state index is -0.819. The van der Waals surface area contributed by atoms with Crippen molar-refractivity contribution in [1.82, 2.24) is 0 Å². The average molecular weight is 941 g/mol. The molecule has 0 aliphatic heterocycles. The molecular formula is C62H100O6. The molecule has 384 valence electrons. The Labute approximate surface area is 418 Å². The molecule has 0 aliphatic rings. The van der Waals surface area contributed by atoms with Gasteiger partial charge < -0.3 is 14.2 Å². The van der Waals surface area contributed by atoms with Gasteiger partial charge in [0.25, 0.3) is 0 Å². The van der Waals surface area contributed by atoms with E-state index in [2.05, 4.69) is 130 Å².